The number of likely N-dealkylation sites (N-methyl/N-ethyl adjacent to an activating group) is 1. The summed E-state index contributed by atoms with van der Waals surface area (Å²) in [6.07, 6.45) is 4.16. The van der Waals surface area contributed by atoms with Gasteiger partial charge in [-0.05, 0) is 30.5 Å². The second-order valence-corrected chi connectivity index (χ2v) is 5.16. The molecule has 1 fully saturated rings. The van der Waals surface area contributed by atoms with E-state index in [2.05, 4.69) is 17.0 Å². The summed E-state index contributed by atoms with van der Waals surface area (Å²) in [6, 6.07) is 8.23. The number of rotatable bonds is 4. The van der Waals surface area contributed by atoms with Crippen LogP contribution in [0.3, 0.4) is 0 Å². The molecule has 1 aromatic carbocycles. The van der Waals surface area contributed by atoms with Crippen molar-refractivity contribution >= 4 is 5.69 Å². The maximum atomic E-state index is 10.4. The van der Waals surface area contributed by atoms with Crippen LogP contribution >= 0.6 is 0 Å². The van der Waals surface area contributed by atoms with Crippen LogP contribution in [-0.2, 0) is 6.54 Å². The topological polar surface area (TPSA) is 49.5 Å². The van der Waals surface area contributed by atoms with Crippen LogP contribution in [0.4, 0.5) is 5.69 Å². The van der Waals surface area contributed by atoms with Gasteiger partial charge >= 0.3 is 0 Å². The van der Waals surface area contributed by atoms with Gasteiger partial charge < -0.3 is 15.7 Å². The van der Waals surface area contributed by atoms with Gasteiger partial charge in [0.1, 0.15) is 0 Å². The van der Waals surface area contributed by atoms with E-state index in [0.29, 0.717) is 6.54 Å². The lowest BCUT2D eigenvalue weighted by atomic mass is 10.0. The maximum Gasteiger partial charge on any atom is 0.0821 e. The molecule has 0 spiro atoms. The van der Waals surface area contributed by atoms with Crippen LogP contribution in [0.15, 0.2) is 24.3 Å². The molecule has 2 rings (SSSR count). The first-order valence-electron chi connectivity index (χ1n) is 6.35. The number of benzene rings is 1. The van der Waals surface area contributed by atoms with Crippen LogP contribution in [-0.4, -0.2) is 24.3 Å². The molecule has 1 aliphatic rings. The van der Waals surface area contributed by atoms with Crippen molar-refractivity contribution < 1.29 is 5.11 Å². The molecule has 0 unspecified atom stereocenters. The van der Waals surface area contributed by atoms with Crippen LogP contribution in [0.1, 0.15) is 31.2 Å². The van der Waals surface area contributed by atoms with Crippen molar-refractivity contribution in [3.63, 3.8) is 0 Å². The smallest absolute Gasteiger partial charge is 0.0821 e. The van der Waals surface area contributed by atoms with E-state index in [1.165, 1.54) is 0 Å². The van der Waals surface area contributed by atoms with E-state index < -0.39 is 5.60 Å². The number of hydrogen-bond acceptors (Lipinski definition) is 3. The third-order valence-electron chi connectivity index (χ3n) is 3.68. The Morgan fingerprint density at radius 3 is 2.35 bits per heavy atom. The molecule has 1 saturated carbocycles. The van der Waals surface area contributed by atoms with Crippen LogP contribution < -0.4 is 10.6 Å². The first-order chi connectivity index (χ1) is 8.13. The van der Waals surface area contributed by atoms with Crippen LogP contribution in [0.25, 0.3) is 0 Å². The Morgan fingerprint density at radius 2 is 1.82 bits per heavy atom. The molecule has 0 radical (unpaired) electrons. The fourth-order valence-electron chi connectivity index (χ4n) is 2.61. The van der Waals surface area contributed by atoms with Gasteiger partial charge in [-0.25, -0.2) is 0 Å². The Morgan fingerprint density at radius 1 is 1.24 bits per heavy atom. The molecule has 0 heterocycles. The molecule has 3 N–H and O–H groups in total. The highest BCUT2D eigenvalue weighted by Gasteiger charge is 2.32. The van der Waals surface area contributed by atoms with Crippen molar-refractivity contribution in [2.24, 2.45) is 5.73 Å². The molecule has 1 aliphatic carbocycles. The minimum absolute atomic E-state index is 0.485. The zero-order chi connectivity index (χ0) is 12.3. The van der Waals surface area contributed by atoms with Gasteiger partial charge in [-0.2, -0.15) is 0 Å². The molecule has 94 valence electrons. The predicted molar refractivity (Wildman–Crippen MR) is 71.0 cm³/mol. The summed E-state index contributed by atoms with van der Waals surface area (Å²) in [7, 11) is 2.04. The predicted octanol–water partition coefficient (Wildman–Crippen LogP) is 1.89. The summed E-state index contributed by atoms with van der Waals surface area (Å²) in [4.78, 5) is 2.13. The largest absolute Gasteiger partial charge is 0.388 e. The van der Waals surface area contributed by atoms with E-state index in [1.54, 1.807) is 0 Å². The van der Waals surface area contributed by atoms with Gasteiger partial charge in [0.05, 0.1) is 5.60 Å². The molecule has 0 bridgehead atoms. The molecule has 0 atom stereocenters. The van der Waals surface area contributed by atoms with Gasteiger partial charge in [0.25, 0.3) is 0 Å². The minimum Gasteiger partial charge on any atom is -0.388 e. The Labute approximate surface area is 103 Å². The fraction of sp³-hybridized carbons (Fsp3) is 0.571. The summed E-state index contributed by atoms with van der Waals surface area (Å²) in [6.45, 7) is 1.29. The SMILES string of the molecule is CN(CC1(O)CCCC1)c1ccc(CN)cc1. The monoisotopic (exact) mass is 234 g/mol. The minimum atomic E-state index is -0.485. The van der Waals surface area contributed by atoms with E-state index in [9.17, 15) is 5.11 Å². The average molecular weight is 234 g/mol. The third kappa shape index (κ3) is 2.99. The van der Waals surface area contributed by atoms with Gasteiger partial charge in [-0.1, -0.05) is 25.0 Å². The summed E-state index contributed by atoms with van der Waals surface area (Å²) in [5, 5.41) is 10.4. The number of nitrogens with zero attached hydrogens (tertiary/aromatic N) is 1. The zero-order valence-corrected chi connectivity index (χ0v) is 10.5. The van der Waals surface area contributed by atoms with Crippen LogP contribution in [0.2, 0.25) is 0 Å². The normalized spacial score (nSPS) is 18.3. The summed E-state index contributed by atoms with van der Waals surface area (Å²) in [5.41, 5.74) is 7.37. The van der Waals surface area contributed by atoms with Gasteiger partial charge in [0.2, 0.25) is 0 Å². The molecule has 0 saturated heterocycles. The summed E-state index contributed by atoms with van der Waals surface area (Å²) in [5.74, 6) is 0. The molecule has 0 aromatic heterocycles. The second kappa shape index (κ2) is 5.07. The number of aliphatic hydroxyl groups is 1. The fourth-order valence-corrected chi connectivity index (χ4v) is 2.61. The van der Waals surface area contributed by atoms with Crippen molar-refractivity contribution in [1.29, 1.82) is 0 Å². The van der Waals surface area contributed by atoms with Gasteiger partial charge in [-0.15, -0.1) is 0 Å². The van der Waals surface area contributed by atoms with Crippen LogP contribution in [0, 0.1) is 0 Å². The highest BCUT2D eigenvalue weighted by Crippen LogP contribution is 2.31. The highest BCUT2D eigenvalue weighted by molar-refractivity contribution is 5.47. The van der Waals surface area contributed by atoms with Crippen molar-refractivity contribution in [2.75, 3.05) is 18.5 Å². The molecular weight excluding hydrogens is 212 g/mol. The van der Waals surface area contributed by atoms with Crippen molar-refractivity contribution in [1.82, 2.24) is 0 Å². The van der Waals surface area contributed by atoms with E-state index >= 15 is 0 Å². The number of nitrogens with two attached hydrogens (primary N) is 1. The lowest BCUT2D eigenvalue weighted by Gasteiger charge is -2.30. The van der Waals surface area contributed by atoms with Crippen molar-refractivity contribution in [3.05, 3.63) is 29.8 Å². The Balaban J connectivity index is 2.01. The summed E-state index contributed by atoms with van der Waals surface area (Å²) >= 11 is 0. The second-order valence-electron chi connectivity index (χ2n) is 5.16. The Kier molecular flexibility index (Phi) is 3.69. The molecule has 1 aromatic rings. The molecule has 3 heteroatoms. The molecule has 3 nitrogen and oxygen atoms in total. The Bertz CT molecular complexity index is 355. The van der Waals surface area contributed by atoms with Crippen LogP contribution in [0.5, 0.6) is 0 Å². The third-order valence-corrected chi connectivity index (χ3v) is 3.68. The van der Waals surface area contributed by atoms with E-state index in [4.69, 9.17) is 5.73 Å². The zero-order valence-electron chi connectivity index (χ0n) is 10.5. The van der Waals surface area contributed by atoms with Crippen molar-refractivity contribution in [2.45, 2.75) is 37.8 Å². The first kappa shape index (κ1) is 12.4. The Hall–Kier alpha value is -1.06. The average Bonchev–Trinajstić information content (AvgIpc) is 2.76. The molecule has 0 amide bonds. The molecule has 17 heavy (non-hydrogen) atoms. The lowest BCUT2D eigenvalue weighted by molar-refractivity contribution is 0.0559. The maximum absolute atomic E-state index is 10.4. The quantitative estimate of drug-likeness (QED) is 0.836. The van der Waals surface area contributed by atoms with Gasteiger partial charge in [0.15, 0.2) is 0 Å². The number of anilines is 1. The highest BCUT2D eigenvalue weighted by atomic mass is 16.3. The van der Waals surface area contributed by atoms with Crippen molar-refractivity contribution in [3.8, 4) is 0 Å². The van der Waals surface area contributed by atoms with E-state index in [-0.39, 0.29) is 0 Å². The van der Waals surface area contributed by atoms with Gasteiger partial charge in [0, 0.05) is 25.8 Å². The van der Waals surface area contributed by atoms with Gasteiger partial charge in [-0.3, -0.25) is 0 Å². The summed E-state index contributed by atoms with van der Waals surface area (Å²) < 4.78 is 0. The molecule has 0 aliphatic heterocycles. The molecular formula is C14H22N2O. The standard InChI is InChI=1S/C14H22N2O/c1-16(11-14(17)8-2-3-9-14)13-6-4-12(10-15)5-7-13/h4-7,17H,2-3,8-11,15H2,1H3. The van der Waals surface area contributed by atoms with E-state index in [0.717, 1.165) is 43.5 Å². The first-order valence-corrected chi connectivity index (χ1v) is 6.35. The lowest BCUT2D eigenvalue weighted by Crippen LogP contribution is -2.39. The number of hydrogen-bond donors (Lipinski definition) is 2. The van der Waals surface area contributed by atoms with E-state index in [1.807, 2.05) is 19.2 Å².